The van der Waals surface area contributed by atoms with Crippen LogP contribution in [0.15, 0.2) is 72.8 Å². The number of anilines is 2. The van der Waals surface area contributed by atoms with Crippen molar-refractivity contribution in [3.05, 3.63) is 129 Å². The number of nitrogens with zero attached hydrogens (tertiary/aromatic N) is 2. The summed E-state index contributed by atoms with van der Waals surface area (Å²) in [5, 5.41) is 6.29. The Kier molecular flexibility index (Phi) is 13.7. The molecule has 0 aliphatic carbocycles. The molecule has 0 saturated carbocycles. The summed E-state index contributed by atoms with van der Waals surface area (Å²) in [5.74, 6) is 0.167. The first-order chi connectivity index (χ1) is 24.8. The number of pyridine rings is 2. The fraction of sp³-hybridized carbons (Fsp3) is 0.318. The minimum Gasteiger partial charge on any atom is -0.326 e. The van der Waals surface area contributed by atoms with Gasteiger partial charge < -0.3 is 22.1 Å². The van der Waals surface area contributed by atoms with E-state index in [1.165, 1.54) is 0 Å². The Morgan fingerprint density at radius 2 is 0.887 bits per heavy atom. The highest BCUT2D eigenvalue weighted by Crippen LogP contribution is 2.38. The predicted molar refractivity (Wildman–Crippen MR) is 221 cm³/mol. The number of aryl methyl sites for hydroxylation is 4. The van der Waals surface area contributed by atoms with Crippen molar-refractivity contribution >= 4 is 35.6 Å². The molecule has 9 heteroatoms. The van der Waals surface area contributed by atoms with Crippen molar-refractivity contribution in [2.24, 2.45) is 23.3 Å². The standard InChI is InChI=1S/C44H52N6O2.ClH/c1-25(2)21-37-35(23-45)39(31-13-9-27(5)10-14-31)41(29(7)47-37)49-43(51)33-17-19-34(20-18-33)44(52)50-42-30(8)48-38(22-26(3)4)36(24-46)40(42)32-15-11-28(6)12-16-32;/h9-20,25-26H,21-24,45-46H2,1-8H3,(H,49,51)(H,50,52);1H. The molecule has 0 aliphatic heterocycles. The van der Waals surface area contributed by atoms with Gasteiger partial charge in [-0.05, 0) is 98.9 Å². The maximum Gasteiger partial charge on any atom is 0.255 e. The van der Waals surface area contributed by atoms with Gasteiger partial charge in [0, 0.05) is 46.7 Å². The van der Waals surface area contributed by atoms with Crippen molar-refractivity contribution in [2.75, 3.05) is 10.6 Å². The van der Waals surface area contributed by atoms with Gasteiger partial charge in [-0.1, -0.05) is 87.4 Å². The van der Waals surface area contributed by atoms with Crippen molar-refractivity contribution in [3.63, 3.8) is 0 Å². The van der Waals surface area contributed by atoms with Gasteiger partial charge in [-0.25, -0.2) is 0 Å². The van der Waals surface area contributed by atoms with Crippen molar-refractivity contribution in [1.29, 1.82) is 0 Å². The van der Waals surface area contributed by atoms with Crippen LogP contribution in [0.25, 0.3) is 22.3 Å². The van der Waals surface area contributed by atoms with Crippen LogP contribution in [0.2, 0.25) is 0 Å². The minimum absolute atomic E-state index is 0. The van der Waals surface area contributed by atoms with Crippen LogP contribution in [0, 0.1) is 39.5 Å². The lowest BCUT2D eigenvalue weighted by molar-refractivity contribution is 0.101. The number of nitrogens with two attached hydrogens (primary N) is 2. The fourth-order valence-electron chi connectivity index (χ4n) is 6.68. The third kappa shape index (κ3) is 9.38. The number of carbonyl (C=O) groups is 2. The highest BCUT2D eigenvalue weighted by Gasteiger charge is 2.23. The summed E-state index contributed by atoms with van der Waals surface area (Å²) >= 11 is 0. The fourth-order valence-corrected chi connectivity index (χ4v) is 6.68. The Balaban J connectivity index is 0.00000627. The minimum atomic E-state index is -0.306. The lowest BCUT2D eigenvalue weighted by atomic mass is 9.92. The number of halogens is 1. The van der Waals surface area contributed by atoms with Gasteiger partial charge in [-0.2, -0.15) is 0 Å². The summed E-state index contributed by atoms with van der Waals surface area (Å²) in [6.07, 6.45) is 1.56. The van der Waals surface area contributed by atoms with Crippen LogP contribution in [0.4, 0.5) is 11.4 Å². The molecule has 5 rings (SSSR count). The normalized spacial score (nSPS) is 11.1. The van der Waals surface area contributed by atoms with Crippen LogP contribution >= 0.6 is 12.4 Å². The van der Waals surface area contributed by atoms with E-state index in [9.17, 15) is 9.59 Å². The number of amides is 2. The molecule has 0 fully saturated rings. The van der Waals surface area contributed by atoms with Gasteiger partial charge >= 0.3 is 0 Å². The molecule has 2 amide bonds. The van der Waals surface area contributed by atoms with Crippen molar-refractivity contribution in [2.45, 2.75) is 81.3 Å². The van der Waals surface area contributed by atoms with Gasteiger partial charge in [0.2, 0.25) is 0 Å². The predicted octanol–water partition coefficient (Wildman–Crippen LogP) is 9.29. The quantitative estimate of drug-likeness (QED) is 0.101. The van der Waals surface area contributed by atoms with Crippen LogP contribution in [-0.2, 0) is 25.9 Å². The van der Waals surface area contributed by atoms with E-state index in [1.807, 2.05) is 27.7 Å². The number of hydrogen-bond donors (Lipinski definition) is 4. The van der Waals surface area contributed by atoms with E-state index in [1.54, 1.807) is 24.3 Å². The number of aromatic nitrogens is 2. The Morgan fingerprint density at radius 1 is 0.566 bits per heavy atom. The molecule has 0 atom stereocenters. The lowest BCUT2D eigenvalue weighted by Gasteiger charge is -2.22. The van der Waals surface area contributed by atoms with E-state index in [0.717, 1.165) is 80.1 Å². The van der Waals surface area contributed by atoms with Crippen LogP contribution in [0.3, 0.4) is 0 Å². The zero-order valence-electron chi connectivity index (χ0n) is 32.2. The third-order valence-electron chi connectivity index (χ3n) is 9.31. The topological polar surface area (TPSA) is 136 Å². The maximum absolute atomic E-state index is 13.8. The van der Waals surface area contributed by atoms with E-state index in [2.05, 4.69) is 86.9 Å². The summed E-state index contributed by atoms with van der Waals surface area (Å²) in [5.41, 5.74) is 26.0. The number of nitrogens with one attached hydrogen (secondary N) is 2. The molecule has 53 heavy (non-hydrogen) atoms. The van der Waals surface area contributed by atoms with E-state index in [4.69, 9.17) is 21.4 Å². The Labute approximate surface area is 320 Å². The van der Waals surface area contributed by atoms with Crippen LogP contribution in [0.5, 0.6) is 0 Å². The molecule has 0 spiro atoms. The molecule has 3 aromatic carbocycles. The third-order valence-corrected chi connectivity index (χ3v) is 9.31. The van der Waals surface area contributed by atoms with Gasteiger partial charge in [0.15, 0.2) is 0 Å². The Hall–Kier alpha value is -4.89. The van der Waals surface area contributed by atoms with Crippen LogP contribution in [-0.4, -0.2) is 21.8 Å². The second kappa shape index (κ2) is 17.8. The van der Waals surface area contributed by atoms with E-state index < -0.39 is 0 Å². The molecule has 0 aliphatic rings. The highest BCUT2D eigenvalue weighted by molar-refractivity contribution is 6.10. The maximum atomic E-state index is 13.8. The van der Waals surface area contributed by atoms with Gasteiger partial charge in [0.1, 0.15) is 0 Å². The molecule has 0 unspecified atom stereocenters. The molecular formula is C44H53ClN6O2. The summed E-state index contributed by atoms with van der Waals surface area (Å²) < 4.78 is 0. The number of rotatable bonds is 12. The SMILES string of the molecule is Cc1ccc(-c2c(CN)c(CC(C)C)nc(C)c2NC(=O)c2ccc(C(=O)Nc3c(C)nc(CC(C)C)c(CN)c3-c3ccc(C)cc3)cc2)cc1.Cl. The number of carbonyl (C=O) groups excluding carboxylic acids is 2. The monoisotopic (exact) mass is 732 g/mol. The molecule has 0 radical (unpaired) electrons. The first-order valence-corrected chi connectivity index (χ1v) is 18.1. The van der Waals surface area contributed by atoms with E-state index >= 15 is 0 Å². The molecule has 8 nitrogen and oxygen atoms in total. The van der Waals surface area contributed by atoms with Crippen molar-refractivity contribution < 1.29 is 9.59 Å². The zero-order valence-corrected chi connectivity index (χ0v) is 33.0. The van der Waals surface area contributed by atoms with Crippen molar-refractivity contribution in [3.8, 4) is 22.3 Å². The summed E-state index contributed by atoms with van der Waals surface area (Å²) in [7, 11) is 0. The molecular weight excluding hydrogens is 680 g/mol. The molecule has 6 N–H and O–H groups in total. The first kappa shape index (κ1) is 40.9. The second-order valence-corrected chi connectivity index (χ2v) is 14.6. The highest BCUT2D eigenvalue weighted by atomic mass is 35.5. The summed E-state index contributed by atoms with van der Waals surface area (Å²) in [6, 6.07) is 23.1. The average Bonchev–Trinajstić information content (AvgIpc) is 3.10. The van der Waals surface area contributed by atoms with Gasteiger partial charge in [-0.3, -0.25) is 19.6 Å². The number of benzene rings is 3. The van der Waals surface area contributed by atoms with Gasteiger partial charge in [0.05, 0.1) is 22.8 Å². The second-order valence-electron chi connectivity index (χ2n) is 14.6. The average molecular weight is 733 g/mol. The Morgan fingerprint density at radius 3 is 1.17 bits per heavy atom. The molecule has 0 saturated heterocycles. The molecule has 2 heterocycles. The van der Waals surface area contributed by atoms with E-state index in [-0.39, 0.29) is 24.2 Å². The van der Waals surface area contributed by atoms with Gasteiger partial charge in [0.25, 0.3) is 11.8 Å². The zero-order chi connectivity index (χ0) is 37.7. The van der Waals surface area contributed by atoms with E-state index in [0.29, 0.717) is 47.4 Å². The smallest absolute Gasteiger partial charge is 0.255 e. The first-order valence-electron chi connectivity index (χ1n) is 18.1. The molecule has 2 aromatic heterocycles. The summed E-state index contributed by atoms with van der Waals surface area (Å²) in [4.78, 5) is 37.4. The molecule has 0 bridgehead atoms. The van der Waals surface area contributed by atoms with Gasteiger partial charge in [-0.15, -0.1) is 12.4 Å². The van der Waals surface area contributed by atoms with Crippen LogP contribution < -0.4 is 22.1 Å². The number of hydrogen-bond acceptors (Lipinski definition) is 6. The molecule has 5 aromatic rings. The molecule has 278 valence electrons. The largest absolute Gasteiger partial charge is 0.326 e. The lowest BCUT2D eigenvalue weighted by Crippen LogP contribution is -2.19. The summed E-state index contributed by atoms with van der Waals surface area (Å²) in [6.45, 7) is 17.1. The Bertz CT molecular complexity index is 1920. The van der Waals surface area contributed by atoms with Crippen LogP contribution in [0.1, 0.15) is 93.4 Å². The van der Waals surface area contributed by atoms with Crippen molar-refractivity contribution in [1.82, 2.24) is 9.97 Å².